The number of hydrogen-bond acceptors (Lipinski definition) is 5. The average molecular weight is 411 g/mol. The number of fused-ring (bicyclic) bond motifs is 1. The fraction of sp³-hybridized carbons (Fsp3) is 0.304. The molecule has 30 heavy (non-hydrogen) atoms. The molecule has 7 nitrogen and oxygen atoms in total. The van der Waals surface area contributed by atoms with Crippen LogP contribution in [0.5, 0.6) is 5.75 Å². The molecule has 158 valence electrons. The summed E-state index contributed by atoms with van der Waals surface area (Å²) in [4.78, 5) is 24.0. The minimum Gasteiger partial charge on any atom is -0.493 e. The molecule has 3 aromatic rings. The second-order valence-electron chi connectivity index (χ2n) is 7.38. The first kappa shape index (κ1) is 21.4. The maximum Gasteiger partial charge on any atom is 0.328 e. The smallest absolute Gasteiger partial charge is 0.328 e. The molecule has 7 heteroatoms. The van der Waals surface area contributed by atoms with Crippen molar-refractivity contribution in [2.75, 3.05) is 13.2 Å². The highest BCUT2D eigenvalue weighted by Gasteiger charge is 2.23. The van der Waals surface area contributed by atoms with Gasteiger partial charge in [-0.2, -0.15) is 0 Å². The van der Waals surface area contributed by atoms with Crippen LogP contribution in [-0.4, -0.2) is 36.2 Å². The lowest BCUT2D eigenvalue weighted by atomic mass is 10.2. The Labute approximate surface area is 174 Å². The number of amides is 1. The molecule has 0 fully saturated rings. The van der Waals surface area contributed by atoms with Gasteiger partial charge >= 0.3 is 5.97 Å². The lowest BCUT2D eigenvalue weighted by Crippen LogP contribution is -2.43. The lowest BCUT2D eigenvalue weighted by Gasteiger charge is -2.14. The summed E-state index contributed by atoms with van der Waals surface area (Å²) in [5, 5.41) is 12.6. The minimum atomic E-state index is -1.20. The Morgan fingerprint density at radius 1 is 1.07 bits per heavy atom. The molecule has 1 amide bonds. The van der Waals surface area contributed by atoms with Crippen molar-refractivity contribution in [1.82, 2.24) is 5.32 Å². The predicted molar refractivity (Wildman–Crippen MR) is 112 cm³/mol. The van der Waals surface area contributed by atoms with Crippen LogP contribution in [0.25, 0.3) is 11.0 Å². The molecule has 3 rings (SSSR count). The van der Waals surface area contributed by atoms with Gasteiger partial charge in [-0.3, -0.25) is 4.79 Å². The molecule has 0 aliphatic heterocycles. The number of furan rings is 1. The van der Waals surface area contributed by atoms with Gasteiger partial charge in [-0.05, 0) is 35.7 Å². The van der Waals surface area contributed by atoms with E-state index in [4.69, 9.17) is 13.9 Å². The summed E-state index contributed by atoms with van der Waals surface area (Å²) < 4.78 is 16.7. The number of carboxylic acids is 1. The standard InChI is InChI=1S/C23H25NO6/c1-15(2)12-29-18-8-9-20-17(10-18)11-21(30-20)22(25)24-19(23(26)27)14-28-13-16-6-4-3-5-7-16/h3-11,15,19H,12-14H2,1-2H3,(H,24,25)(H,26,27)/t19-/m0/s1. The zero-order valence-corrected chi connectivity index (χ0v) is 17.0. The van der Waals surface area contributed by atoms with Gasteiger partial charge in [-0.1, -0.05) is 44.2 Å². The van der Waals surface area contributed by atoms with Crippen molar-refractivity contribution >= 4 is 22.8 Å². The molecule has 0 bridgehead atoms. The van der Waals surface area contributed by atoms with E-state index in [2.05, 4.69) is 19.2 Å². The molecule has 2 N–H and O–H groups in total. The van der Waals surface area contributed by atoms with Crippen molar-refractivity contribution < 1.29 is 28.6 Å². The molecule has 1 heterocycles. The van der Waals surface area contributed by atoms with Crippen molar-refractivity contribution in [2.45, 2.75) is 26.5 Å². The number of rotatable bonds is 10. The Balaban J connectivity index is 1.62. The third-order valence-electron chi connectivity index (χ3n) is 4.29. The van der Waals surface area contributed by atoms with E-state index in [9.17, 15) is 14.7 Å². The Morgan fingerprint density at radius 2 is 1.83 bits per heavy atom. The number of carbonyl (C=O) groups excluding carboxylic acids is 1. The van der Waals surface area contributed by atoms with Crippen LogP contribution in [0, 0.1) is 5.92 Å². The summed E-state index contributed by atoms with van der Waals surface area (Å²) in [6, 6.07) is 15.0. The van der Waals surface area contributed by atoms with E-state index in [0.29, 0.717) is 29.2 Å². The zero-order valence-electron chi connectivity index (χ0n) is 17.0. The lowest BCUT2D eigenvalue weighted by molar-refractivity contribution is -0.141. The number of nitrogens with one attached hydrogen (secondary N) is 1. The number of benzene rings is 2. The molecule has 0 spiro atoms. The zero-order chi connectivity index (χ0) is 21.5. The van der Waals surface area contributed by atoms with E-state index in [1.165, 1.54) is 0 Å². The molecule has 0 radical (unpaired) electrons. The summed E-state index contributed by atoms with van der Waals surface area (Å²) in [6.45, 7) is 4.79. The third kappa shape index (κ3) is 5.84. The second kappa shape index (κ2) is 9.93. The van der Waals surface area contributed by atoms with Crippen molar-refractivity contribution in [3.8, 4) is 5.75 Å². The first-order valence-electron chi connectivity index (χ1n) is 9.74. The Kier molecular flexibility index (Phi) is 7.08. The quantitative estimate of drug-likeness (QED) is 0.526. The van der Waals surface area contributed by atoms with E-state index in [1.54, 1.807) is 24.3 Å². The molecule has 1 aromatic heterocycles. The SMILES string of the molecule is CC(C)COc1ccc2oc(C(=O)N[C@@H](COCc3ccccc3)C(=O)O)cc2c1. The molecule has 0 aliphatic rings. The van der Waals surface area contributed by atoms with Gasteiger partial charge in [-0.25, -0.2) is 4.79 Å². The maximum absolute atomic E-state index is 12.5. The number of aliphatic carboxylic acids is 1. The van der Waals surface area contributed by atoms with E-state index >= 15 is 0 Å². The summed E-state index contributed by atoms with van der Waals surface area (Å²) in [6.07, 6.45) is 0. The molecular weight excluding hydrogens is 386 g/mol. The van der Waals surface area contributed by atoms with E-state index in [0.717, 1.165) is 5.56 Å². The number of hydrogen-bond donors (Lipinski definition) is 2. The Bertz CT molecular complexity index is 995. The van der Waals surface area contributed by atoms with Gasteiger partial charge in [0.25, 0.3) is 5.91 Å². The van der Waals surface area contributed by atoms with Gasteiger partial charge in [0.2, 0.25) is 0 Å². The third-order valence-corrected chi connectivity index (χ3v) is 4.29. The van der Waals surface area contributed by atoms with Gasteiger partial charge in [0.1, 0.15) is 11.3 Å². The molecule has 0 unspecified atom stereocenters. The maximum atomic E-state index is 12.5. The monoisotopic (exact) mass is 411 g/mol. The summed E-state index contributed by atoms with van der Waals surface area (Å²) in [5.41, 5.74) is 1.44. The van der Waals surface area contributed by atoms with Gasteiger partial charge in [-0.15, -0.1) is 0 Å². The fourth-order valence-corrected chi connectivity index (χ4v) is 2.76. The highest BCUT2D eigenvalue weighted by Crippen LogP contribution is 2.24. The number of carbonyl (C=O) groups is 2. The van der Waals surface area contributed by atoms with Crippen LogP contribution in [0.1, 0.15) is 30.0 Å². The van der Waals surface area contributed by atoms with E-state index < -0.39 is 17.9 Å². The molecular formula is C23H25NO6. The van der Waals surface area contributed by atoms with Crippen LogP contribution in [0.2, 0.25) is 0 Å². The molecule has 0 saturated carbocycles. The largest absolute Gasteiger partial charge is 0.493 e. The van der Waals surface area contributed by atoms with Crippen LogP contribution in [0.3, 0.4) is 0 Å². The van der Waals surface area contributed by atoms with Gasteiger partial charge < -0.3 is 24.3 Å². The van der Waals surface area contributed by atoms with E-state index in [1.807, 2.05) is 30.3 Å². The Morgan fingerprint density at radius 3 is 2.53 bits per heavy atom. The van der Waals surface area contributed by atoms with Crippen LogP contribution >= 0.6 is 0 Å². The molecule has 0 aliphatic carbocycles. The van der Waals surface area contributed by atoms with Crippen molar-refractivity contribution in [1.29, 1.82) is 0 Å². The van der Waals surface area contributed by atoms with Crippen LogP contribution < -0.4 is 10.1 Å². The van der Waals surface area contributed by atoms with Crippen LogP contribution in [-0.2, 0) is 16.1 Å². The van der Waals surface area contributed by atoms with E-state index in [-0.39, 0.29) is 19.0 Å². The highest BCUT2D eigenvalue weighted by molar-refractivity contribution is 5.98. The van der Waals surface area contributed by atoms with Crippen molar-refractivity contribution in [2.24, 2.45) is 5.92 Å². The summed E-state index contributed by atoms with van der Waals surface area (Å²) >= 11 is 0. The second-order valence-corrected chi connectivity index (χ2v) is 7.38. The van der Waals surface area contributed by atoms with Gasteiger partial charge in [0.15, 0.2) is 11.8 Å². The van der Waals surface area contributed by atoms with Crippen LogP contribution in [0.15, 0.2) is 59.0 Å². The molecule has 1 atom stereocenters. The summed E-state index contributed by atoms with van der Waals surface area (Å²) in [7, 11) is 0. The van der Waals surface area contributed by atoms with Gasteiger partial charge in [0, 0.05) is 5.39 Å². The predicted octanol–water partition coefficient (Wildman–Crippen LogP) is 3.87. The van der Waals surface area contributed by atoms with Crippen molar-refractivity contribution in [3.63, 3.8) is 0 Å². The molecule has 2 aromatic carbocycles. The normalized spacial score (nSPS) is 12.1. The van der Waals surface area contributed by atoms with Gasteiger partial charge in [0.05, 0.1) is 19.8 Å². The highest BCUT2D eigenvalue weighted by atomic mass is 16.5. The van der Waals surface area contributed by atoms with Crippen LogP contribution in [0.4, 0.5) is 0 Å². The number of carboxylic acid groups (broad SMARTS) is 1. The fourth-order valence-electron chi connectivity index (χ4n) is 2.76. The minimum absolute atomic E-state index is 0.0281. The topological polar surface area (TPSA) is 98.0 Å². The first-order chi connectivity index (χ1) is 14.4. The molecule has 0 saturated heterocycles. The first-order valence-corrected chi connectivity index (χ1v) is 9.74. The van der Waals surface area contributed by atoms with Crippen molar-refractivity contribution in [3.05, 3.63) is 65.9 Å². The Hall–Kier alpha value is -3.32. The average Bonchev–Trinajstić information content (AvgIpc) is 3.15. The summed E-state index contributed by atoms with van der Waals surface area (Å²) in [5.74, 6) is -0.700. The number of ether oxygens (including phenoxy) is 2.